The van der Waals surface area contributed by atoms with Crippen LogP contribution in [0.1, 0.15) is 13.8 Å². The van der Waals surface area contributed by atoms with Gasteiger partial charge >= 0.3 is 0 Å². The van der Waals surface area contributed by atoms with Gasteiger partial charge in [0.15, 0.2) is 0 Å². The molecule has 0 aliphatic carbocycles. The number of halogens is 2. The summed E-state index contributed by atoms with van der Waals surface area (Å²) in [6.07, 6.45) is 2.62. The van der Waals surface area contributed by atoms with Crippen molar-refractivity contribution in [3.05, 3.63) is 57.8 Å². The number of hydrogen-bond donors (Lipinski definition) is 1. The lowest BCUT2D eigenvalue weighted by molar-refractivity contribution is 0.526. The Bertz CT molecular complexity index is 1070. The highest BCUT2D eigenvalue weighted by atomic mass is 32.2. The van der Waals surface area contributed by atoms with Gasteiger partial charge in [-0.15, -0.1) is 0 Å². The first-order valence-corrected chi connectivity index (χ1v) is 10.2. The molecule has 0 fully saturated rings. The minimum absolute atomic E-state index is 0.0983. The third-order valence-corrected chi connectivity index (χ3v) is 4.85. The van der Waals surface area contributed by atoms with Crippen molar-refractivity contribution in [1.82, 2.24) is 9.62 Å². The molecule has 0 unspecified atom stereocenters. The first-order chi connectivity index (χ1) is 12.9. The summed E-state index contributed by atoms with van der Waals surface area (Å²) in [7, 11) is 1.72. The molecule has 0 amide bonds. The van der Waals surface area contributed by atoms with Crippen LogP contribution in [0.25, 0.3) is 24.0 Å². The fourth-order valence-corrected chi connectivity index (χ4v) is 2.83. The third kappa shape index (κ3) is 6.03. The summed E-state index contributed by atoms with van der Waals surface area (Å²) in [4.78, 5) is 0. The van der Waals surface area contributed by atoms with Gasteiger partial charge in [0, 0.05) is 24.4 Å². The van der Waals surface area contributed by atoms with Crippen LogP contribution in [0.4, 0.5) is 8.78 Å². The fourth-order valence-electron chi connectivity index (χ4n) is 2.24. The number of furan rings is 1. The zero-order valence-electron chi connectivity index (χ0n) is 16.9. The van der Waals surface area contributed by atoms with Gasteiger partial charge in [-0.3, -0.25) is 4.31 Å². The van der Waals surface area contributed by atoms with Crippen molar-refractivity contribution in [2.75, 3.05) is 27.4 Å². The Morgan fingerprint density at radius 2 is 1.79 bits per heavy atom. The van der Waals surface area contributed by atoms with Crippen LogP contribution in [0.3, 0.4) is 0 Å². The van der Waals surface area contributed by atoms with Gasteiger partial charge in [-0.25, -0.2) is 17.2 Å². The predicted molar refractivity (Wildman–Crippen MR) is 109 cm³/mol. The van der Waals surface area contributed by atoms with Gasteiger partial charge < -0.3 is 9.73 Å². The summed E-state index contributed by atoms with van der Waals surface area (Å²) in [5.74, 6) is -1.25. The van der Waals surface area contributed by atoms with Crippen molar-refractivity contribution in [1.29, 1.82) is 0 Å². The van der Waals surface area contributed by atoms with Crippen LogP contribution >= 0.6 is 0 Å². The lowest BCUT2D eigenvalue weighted by atomic mass is 10.1. The van der Waals surface area contributed by atoms with E-state index in [0.717, 1.165) is 28.3 Å². The third-order valence-electron chi connectivity index (χ3n) is 3.66. The number of hydrogen-bond acceptors (Lipinski definition) is 4. The Morgan fingerprint density at radius 1 is 1.21 bits per heavy atom. The maximum Gasteiger partial charge on any atom is 0.231 e. The molecule has 0 aliphatic rings. The van der Waals surface area contributed by atoms with E-state index in [2.05, 4.69) is 11.9 Å². The molecule has 0 atom stereocenters. The average molecular weight is 413 g/mol. The Morgan fingerprint density at radius 3 is 2.25 bits per heavy atom. The zero-order chi connectivity index (χ0) is 21.6. The topological polar surface area (TPSA) is 62.6 Å². The van der Waals surface area contributed by atoms with Crippen molar-refractivity contribution in [2.45, 2.75) is 13.8 Å². The lowest BCUT2D eigenvalue weighted by Crippen LogP contribution is -2.27. The van der Waals surface area contributed by atoms with Crippen LogP contribution in [-0.2, 0) is 10.0 Å². The minimum atomic E-state index is -3.46. The van der Waals surface area contributed by atoms with E-state index in [9.17, 15) is 17.2 Å². The van der Waals surface area contributed by atoms with Crippen LogP contribution in [0.2, 0.25) is 0 Å². The summed E-state index contributed by atoms with van der Waals surface area (Å²) in [6.45, 7) is 7.36. The molecule has 0 bridgehead atoms. The molecule has 1 heterocycles. The van der Waals surface area contributed by atoms with Crippen LogP contribution in [0.15, 0.2) is 40.0 Å². The van der Waals surface area contributed by atoms with Crippen molar-refractivity contribution in [3.63, 3.8) is 0 Å². The smallest absolute Gasteiger partial charge is 0.231 e. The first-order valence-electron chi connectivity index (χ1n) is 8.38. The van der Waals surface area contributed by atoms with Gasteiger partial charge in [0.25, 0.3) is 0 Å². The van der Waals surface area contributed by atoms with E-state index in [4.69, 9.17) is 4.42 Å². The fraction of sp³-hybridized carbons (Fsp3) is 0.300. The second-order valence-corrected chi connectivity index (χ2v) is 8.40. The molecule has 1 N–H and O–H groups in total. The molecule has 1 aromatic carbocycles. The number of nitrogens with zero attached hydrogens (tertiary/aromatic N) is 1. The van der Waals surface area contributed by atoms with E-state index in [1.165, 1.54) is 25.3 Å². The van der Waals surface area contributed by atoms with Gasteiger partial charge in [0.2, 0.25) is 10.0 Å². The summed E-state index contributed by atoms with van der Waals surface area (Å²) < 4.78 is 57.3. The molecule has 0 saturated carbocycles. The largest absolute Gasteiger partial charge is 0.456 e. The van der Waals surface area contributed by atoms with Gasteiger partial charge in [0.1, 0.15) is 22.8 Å². The highest BCUT2D eigenvalue weighted by Crippen LogP contribution is 2.21. The van der Waals surface area contributed by atoms with Crippen molar-refractivity contribution >= 4 is 22.7 Å². The molecule has 28 heavy (non-hydrogen) atoms. The van der Waals surface area contributed by atoms with Crippen LogP contribution in [-0.4, -0.2) is 40.1 Å². The van der Waals surface area contributed by atoms with E-state index in [0.29, 0.717) is 16.3 Å². The molecular formula is C20H26F2N2O3S. The quantitative estimate of drug-likeness (QED) is 0.838. The summed E-state index contributed by atoms with van der Waals surface area (Å²) >= 11 is 0. The van der Waals surface area contributed by atoms with E-state index in [1.54, 1.807) is 13.8 Å². The maximum absolute atomic E-state index is 13.9. The number of nitrogens with one attached hydrogen (secondary N) is 1. The van der Waals surface area contributed by atoms with E-state index in [-0.39, 0.29) is 11.3 Å². The molecule has 0 saturated heterocycles. The summed E-state index contributed by atoms with van der Waals surface area (Å²) in [5, 5.41) is 3.21. The van der Waals surface area contributed by atoms with Gasteiger partial charge in [0.05, 0.1) is 17.5 Å². The molecule has 1 aromatic heterocycles. The number of benzene rings is 1. The molecule has 154 valence electrons. The van der Waals surface area contributed by atoms with Crippen molar-refractivity contribution in [3.8, 4) is 11.3 Å². The lowest BCUT2D eigenvalue weighted by Gasteiger charge is -2.19. The molecule has 2 aromatic rings. The van der Waals surface area contributed by atoms with E-state index < -0.39 is 21.7 Å². The SMILES string of the molecule is C=c1cc(-c2ccc(F)cc2F)o/c1=C/C(=C(C)C)N(C)S(C)(=O)=O.CNC. The predicted octanol–water partition coefficient (Wildman–Crippen LogP) is 2.44. The molecule has 2 rings (SSSR count). The number of sulfonamides is 1. The molecule has 8 heteroatoms. The van der Waals surface area contributed by atoms with Crippen LogP contribution in [0, 0.1) is 11.6 Å². The van der Waals surface area contributed by atoms with Crippen LogP contribution < -0.4 is 16.0 Å². The summed E-state index contributed by atoms with van der Waals surface area (Å²) in [6, 6.07) is 4.69. The van der Waals surface area contributed by atoms with Crippen LogP contribution in [0.5, 0.6) is 0 Å². The van der Waals surface area contributed by atoms with Gasteiger partial charge in [-0.1, -0.05) is 12.2 Å². The minimum Gasteiger partial charge on any atom is -0.456 e. The van der Waals surface area contributed by atoms with E-state index >= 15 is 0 Å². The Labute approximate surface area is 164 Å². The normalized spacial score (nSPS) is 11.6. The first kappa shape index (κ1) is 23.6. The Balaban J connectivity index is 0.00000122. The summed E-state index contributed by atoms with van der Waals surface area (Å²) in [5.41, 5.74) is 1.57. The highest BCUT2D eigenvalue weighted by molar-refractivity contribution is 7.88. The standard InChI is InChI=1S/C18H19F2NO3S.C2H7N/c1-11(2)16(21(4)25(5,22)23)10-17-12(3)8-18(24-17)14-7-6-13(19)9-15(14)20;1-3-2/h6-10H,3H2,1-2,4-5H3;3H,1-2H3/b17-10+;. The van der Waals surface area contributed by atoms with Crippen molar-refractivity contribution in [2.24, 2.45) is 0 Å². The van der Waals surface area contributed by atoms with Crippen molar-refractivity contribution < 1.29 is 21.6 Å². The molecule has 0 radical (unpaired) electrons. The Hall–Kier alpha value is -2.45. The van der Waals surface area contributed by atoms with Gasteiger partial charge in [-0.2, -0.15) is 0 Å². The van der Waals surface area contributed by atoms with Gasteiger partial charge in [-0.05, 0) is 46.1 Å². The number of allylic oxidation sites excluding steroid dienone is 2. The van der Waals surface area contributed by atoms with E-state index in [1.807, 2.05) is 14.1 Å². The maximum atomic E-state index is 13.9. The monoisotopic (exact) mass is 412 g/mol. The second-order valence-electron chi connectivity index (χ2n) is 6.38. The molecular weight excluding hydrogens is 386 g/mol. The zero-order valence-corrected chi connectivity index (χ0v) is 17.7. The molecule has 0 spiro atoms. The Kier molecular flexibility index (Phi) is 8.14. The second kappa shape index (κ2) is 9.66. The highest BCUT2D eigenvalue weighted by Gasteiger charge is 2.15. The average Bonchev–Trinajstić information content (AvgIpc) is 2.92. The number of rotatable bonds is 4. The molecule has 0 aliphatic heterocycles. The molecule has 5 nitrogen and oxygen atoms in total.